The molecule has 25 heavy (non-hydrogen) atoms. The minimum absolute atomic E-state index is 0.254. The van der Waals surface area contributed by atoms with Crippen molar-refractivity contribution < 1.29 is 23.9 Å². The van der Waals surface area contributed by atoms with Crippen LogP contribution in [0.15, 0.2) is 0 Å². The highest BCUT2D eigenvalue weighted by Gasteiger charge is 2.59. The van der Waals surface area contributed by atoms with Gasteiger partial charge in [-0.05, 0) is 34.1 Å². The van der Waals surface area contributed by atoms with Gasteiger partial charge in [-0.25, -0.2) is 0 Å². The molecule has 2 unspecified atom stereocenters. The van der Waals surface area contributed by atoms with Crippen LogP contribution >= 0.6 is 11.8 Å². The Labute approximate surface area is 151 Å². The summed E-state index contributed by atoms with van der Waals surface area (Å²) in [6.07, 6.45) is 1.17. The molecular formula is C17H24N2O5S. The number of esters is 1. The highest BCUT2D eigenvalue weighted by molar-refractivity contribution is 8.00. The Morgan fingerprint density at radius 1 is 1.20 bits per heavy atom. The lowest BCUT2D eigenvalue weighted by Crippen LogP contribution is -2.75. The second kappa shape index (κ2) is 6.00. The molecule has 0 bridgehead atoms. The lowest BCUT2D eigenvalue weighted by Gasteiger charge is -2.56. The topological polar surface area (TPSA) is 84.0 Å². The Morgan fingerprint density at radius 2 is 1.80 bits per heavy atom. The Balaban J connectivity index is 1.71. The highest BCUT2D eigenvalue weighted by Crippen LogP contribution is 2.45. The Kier molecular flexibility index (Phi) is 4.38. The summed E-state index contributed by atoms with van der Waals surface area (Å²) in [7, 11) is 0. The molecule has 8 heteroatoms. The lowest BCUT2D eigenvalue weighted by atomic mass is 9.88. The van der Waals surface area contributed by atoms with E-state index in [2.05, 4.69) is 0 Å². The van der Waals surface area contributed by atoms with Gasteiger partial charge in [0, 0.05) is 25.1 Å². The molecule has 0 aromatic rings. The maximum Gasteiger partial charge on any atom is 0.314 e. The number of ether oxygens (including phenoxy) is 1. The first kappa shape index (κ1) is 18.2. The van der Waals surface area contributed by atoms with E-state index in [1.54, 1.807) is 11.8 Å². The van der Waals surface area contributed by atoms with Crippen LogP contribution in [0.1, 0.15) is 47.0 Å². The molecule has 0 aromatic carbocycles. The van der Waals surface area contributed by atoms with Gasteiger partial charge in [0.15, 0.2) is 0 Å². The van der Waals surface area contributed by atoms with Crippen LogP contribution in [-0.2, 0) is 23.9 Å². The molecule has 3 aliphatic rings. The summed E-state index contributed by atoms with van der Waals surface area (Å²) in [5, 5.41) is -0.256. The Hall–Kier alpha value is -1.57. The first-order valence-electron chi connectivity index (χ1n) is 8.54. The average molecular weight is 368 g/mol. The quantitative estimate of drug-likeness (QED) is 0.413. The van der Waals surface area contributed by atoms with E-state index in [1.807, 2.05) is 20.8 Å². The lowest BCUT2D eigenvalue weighted by molar-refractivity contribution is -0.177. The van der Waals surface area contributed by atoms with E-state index in [0.29, 0.717) is 25.0 Å². The van der Waals surface area contributed by atoms with Gasteiger partial charge in [-0.1, -0.05) is 0 Å². The van der Waals surface area contributed by atoms with Gasteiger partial charge in [0.25, 0.3) is 0 Å². The van der Waals surface area contributed by atoms with Crippen molar-refractivity contribution in [3.8, 4) is 0 Å². The van der Waals surface area contributed by atoms with Crippen molar-refractivity contribution in [1.82, 2.24) is 9.80 Å². The third-order valence-electron chi connectivity index (χ3n) is 4.69. The predicted octanol–water partition coefficient (Wildman–Crippen LogP) is 1.16. The summed E-state index contributed by atoms with van der Waals surface area (Å²) >= 11 is 1.44. The summed E-state index contributed by atoms with van der Waals surface area (Å²) in [5.41, 5.74) is -1.37. The van der Waals surface area contributed by atoms with Crippen LogP contribution < -0.4 is 0 Å². The number of likely N-dealkylation sites (tertiary alicyclic amines) is 1. The van der Waals surface area contributed by atoms with Crippen molar-refractivity contribution in [3.63, 3.8) is 0 Å². The number of rotatable bonds is 2. The number of amides is 3. The summed E-state index contributed by atoms with van der Waals surface area (Å²) in [5.74, 6) is -0.628. The van der Waals surface area contributed by atoms with Crippen LogP contribution in [0, 0.1) is 5.41 Å². The molecular weight excluding hydrogens is 344 g/mol. The second-order valence-corrected chi connectivity index (χ2v) is 9.29. The molecule has 3 aliphatic heterocycles. The highest BCUT2D eigenvalue weighted by atomic mass is 32.2. The van der Waals surface area contributed by atoms with E-state index in [0.717, 1.165) is 4.90 Å². The van der Waals surface area contributed by atoms with E-state index in [9.17, 15) is 19.2 Å². The van der Waals surface area contributed by atoms with Gasteiger partial charge >= 0.3 is 5.97 Å². The third-order valence-corrected chi connectivity index (χ3v) is 6.35. The van der Waals surface area contributed by atoms with Crippen molar-refractivity contribution >= 4 is 35.5 Å². The fourth-order valence-corrected chi connectivity index (χ4v) is 4.92. The van der Waals surface area contributed by atoms with Crippen molar-refractivity contribution in [2.75, 3.05) is 12.3 Å². The monoisotopic (exact) mass is 368 g/mol. The number of carbonyl (C=O) groups excluding carboxylic acids is 4. The average Bonchev–Trinajstić information content (AvgIpc) is 2.49. The van der Waals surface area contributed by atoms with Crippen molar-refractivity contribution in [1.29, 1.82) is 0 Å². The summed E-state index contributed by atoms with van der Waals surface area (Å²) in [4.78, 5) is 52.1. The molecule has 0 radical (unpaired) electrons. The largest absolute Gasteiger partial charge is 0.459 e. The van der Waals surface area contributed by atoms with Crippen LogP contribution in [0.4, 0.5) is 0 Å². The van der Waals surface area contributed by atoms with E-state index < -0.39 is 17.1 Å². The number of hydrogen-bond donors (Lipinski definition) is 0. The Bertz CT molecular complexity index is 627. The van der Waals surface area contributed by atoms with E-state index in [-0.39, 0.29) is 35.6 Å². The molecule has 0 saturated carbocycles. The van der Waals surface area contributed by atoms with Crippen LogP contribution in [0.2, 0.25) is 0 Å². The molecule has 3 rings (SSSR count). The number of nitrogens with zero attached hydrogens (tertiary/aromatic N) is 2. The first-order chi connectivity index (χ1) is 11.5. The maximum absolute atomic E-state index is 12.6. The summed E-state index contributed by atoms with van der Waals surface area (Å²) in [6.45, 7) is 7.48. The van der Waals surface area contributed by atoms with Gasteiger partial charge in [0.05, 0.1) is 5.41 Å². The van der Waals surface area contributed by atoms with Crippen LogP contribution in [0.5, 0.6) is 0 Å². The minimum Gasteiger partial charge on any atom is -0.459 e. The summed E-state index contributed by atoms with van der Waals surface area (Å²) < 4.78 is 5.49. The third kappa shape index (κ3) is 3.16. The van der Waals surface area contributed by atoms with Crippen molar-refractivity contribution in [3.05, 3.63) is 0 Å². The number of piperidine rings is 1. The molecule has 0 aromatic heterocycles. The summed E-state index contributed by atoms with van der Waals surface area (Å²) in [6, 6.07) is -0.714. The predicted molar refractivity (Wildman–Crippen MR) is 91.4 cm³/mol. The zero-order chi connectivity index (χ0) is 18.6. The fraction of sp³-hybridized carbons (Fsp3) is 0.765. The molecule has 3 heterocycles. The number of fused-ring (bicyclic) bond motifs is 1. The SMILES string of the molecule is CC(C)(C)OC(=O)C1(C)CS[C@@H]2C(N3C(=O)CCCC3=O)C(=O)N2C1. The first-order valence-corrected chi connectivity index (χ1v) is 9.59. The smallest absolute Gasteiger partial charge is 0.314 e. The molecule has 7 nitrogen and oxygen atoms in total. The van der Waals surface area contributed by atoms with Gasteiger partial charge in [-0.3, -0.25) is 24.1 Å². The van der Waals surface area contributed by atoms with Gasteiger partial charge in [-0.2, -0.15) is 0 Å². The molecule has 0 aliphatic carbocycles. The van der Waals surface area contributed by atoms with E-state index in [4.69, 9.17) is 4.74 Å². The van der Waals surface area contributed by atoms with Gasteiger partial charge in [0.2, 0.25) is 17.7 Å². The zero-order valence-electron chi connectivity index (χ0n) is 15.0. The van der Waals surface area contributed by atoms with Gasteiger partial charge in [-0.15, -0.1) is 11.8 Å². The Morgan fingerprint density at radius 3 is 2.36 bits per heavy atom. The molecule has 3 saturated heterocycles. The second-order valence-electron chi connectivity index (χ2n) is 8.19. The molecule has 3 amide bonds. The van der Waals surface area contributed by atoms with Crippen LogP contribution in [-0.4, -0.2) is 62.8 Å². The minimum atomic E-state index is -0.787. The fourth-order valence-electron chi connectivity index (χ4n) is 3.39. The van der Waals surface area contributed by atoms with Crippen LogP contribution in [0.25, 0.3) is 0 Å². The number of imide groups is 1. The number of β-lactam (4-membered cyclic amide) rings is 1. The van der Waals surface area contributed by atoms with E-state index in [1.165, 1.54) is 11.8 Å². The molecule has 0 spiro atoms. The number of thioether (sulfide) groups is 1. The molecule has 0 N–H and O–H groups in total. The number of carbonyl (C=O) groups is 4. The molecule has 3 fully saturated rings. The molecule has 138 valence electrons. The number of hydrogen-bond acceptors (Lipinski definition) is 6. The van der Waals surface area contributed by atoms with Crippen LogP contribution in [0.3, 0.4) is 0 Å². The van der Waals surface area contributed by atoms with Crippen molar-refractivity contribution in [2.24, 2.45) is 5.41 Å². The van der Waals surface area contributed by atoms with Crippen molar-refractivity contribution in [2.45, 2.75) is 64.0 Å². The standard InChI is InChI=1S/C17H24N2O5S/c1-16(2,3)24-15(23)17(4)8-18-13(22)12(14(18)25-9-17)19-10(20)6-5-7-11(19)21/h12,14H,5-9H2,1-4H3/t12?,14-,17?/m1/s1. The van der Waals surface area contributed by atoms with Gasteiger partial charge < -0.3 is 9.64 Å². The van der Waals surface area contributed by atoms with E-state index >= 15 is 0 Å². The van der Waals surface area contributed by atoms with Gasteiger partial charge in [0.1, 0.15) is 17.0 Å². The molecule has 3 atom stereocenters. The zero-order valence-corrected chi connectivity index (χ0v) is 15.9. The maximum atomic E-state index is 12.6. The normalized spacial score (nSPS) is 33.0.